The molecule has 1 aliphatic heterocycles. The summed E-state index contributed by atoms with van der Waals surface area (Å²) in [6, 6.07) is 0. The molecular formula is C14H24ClOS. The average molecular weight is 276 g/mol. The van der Waals surface area contributed by atoms with Gasteiger partial charge >= 0.3 is 0 Å². The number of ether oxygens (including phenoxy) is 1. The molecular weight excluding hydrogens is 252 g/mol. The summed E-state index contributed by atoms with van der Waals surface area (Å²) in [6.45, 7) is 9.43. The van der Waals surface area contributed by atoms with E-state index in [1.54, 1.807) is 5.92 Å². The van der Waals surface area contributed by atoms with Crippen LogP contribution in [0.2, 0.25) is 0 Å². The average Bonchev–Trinajstić information content (AvgIpc) is 2.68. The molecule has 17 heavy (non-hydrogen) atoms. The summed E-state index contributed by atoms with van der Waals surface area (Å²) in [4.78, 5) is 0. The fourth-order valence-electron chi connectivity index (χ4n) is 3.18. The Morgan fingerprint density at radius 3 is 2.53 bits per heavy atom. The van der Waals surface area contributed by atoms with E-state index in [1.807, 2.05) is 11.8 Å². The minimum Gasteiger partial charge on any atom is -0.347 e. The highest BCUT2D eigenvalue weighted by atomic mass is 35.5. The van der Waals surface area contributed by atoms with Gasteiger partial charge in [-0.05, 0) is 30.1 Å². The van der Waals surface area contributed by atoms with Crippen molar-refractivity contribution in [2.24, 2.45) is 23.7 Å². The lowest BCUT2D eigenvalue weighted by atomic mass is 9.65. The molecule has 0 N–H and O–H groups in total. The van der Waals surface area contributed by atoms with E-state index in [1.165, 1.54) is 12.8 Å². The third-order valence-corrected chi connectivity index (χ3v) is 6.09. The Kier molecular flexibility index (Phi) is 4.71. The number of alkyl halides is 1. The summed E-state index contributed by atoms with van der Waals surface area (Å²) in [6.07, 6.45) is 2.68. The van der Waals surface area contributed by atoms with Crippen LogP contribution in [0.3, 0.4) is 0 Å². The SMILES string of the molecule is CC(C)C1CCC(C)C(C)[C]1C1OC(Cl)CS1. The number of hydrogen-bond donors (Lipinski definition) is 0. The van der Waals surface area contributed by atoms with Crippen LogP contribution in [0.1, 0.15) is 40.5 Å². The second kappa shape index (κ2) is 5.71. The first-order valence-electron chi connectivity index (χ1n) is 6.78. The molecule has 0 amide bonds. The van der Waals surface area contributed by atoms with Crippen LogP contribution in [0, 0.1) is 29.6 Å². The summed E-state index contributed by atoms with van der Waals surface area (Å²) in [7, 11) is 0. The largest absolute Gasteiger partial charge is 0.347 e. The van der Waals surface area contributed by atoms with Gasteiger partial charge in [-0.2, -0.15) is 0 Å². The number of rotatable bonds is 2. The van der Waals surface area contributed by atoms with Gasteiger partial charge in [-0.15, -0.1) is 11.8 Å². The van der Waals surface area contributed by atoms with Crippen molar-refractivity contribution in [1.82, 2.24) is 0 Å². The maximum absolute atomic E-state index is 6.08. The van der Waals surface area contributed by atoms with Crippen LogP contribution in [-0.4, -0.2) is 16.8 Å². The molecule has 0 aromatic rings. The molecule has 0 aromatic heterocycles. The van der Waals surface area contributed by atoms with E-state index in [4.69, 9.17) is 16.3 Å². The number of hydrogen-bond acceptors (Lipinski definition) is 2. The van der Waals surface area contributed by atoms with Crippen LogP contribution in [0.5, 0.6) is 0 Å². The van der Waals surface area contributed by atoms with Crippen LogP contribution in [-0.2, 0) is 4.74 Å². The first kappa shape index (κ1) is 14.0. The molecule has 0 bridgehead atoms. The van der Waals surface area contributed by atoms with Gasteiger partial charge < -0.3 is 4.74 Å². The Morgan fingerprint density at radius 2 is 2.00 bits per heavy atom. The molecule has 0 aromatic carbocycles. The van der Waals surface area contributed by atoms with Crippen LogP contribution in [0.4, 0.5) is 0 Å². The Hall–Kier alpha value is 0.600. The van der Waals surface area contributed by atoms with Crippen molar-refractivity contribution in [3.05, 3.63) is 5.92 Å². The Morgan fingerprint density at radius 1 is 1.29 bits per heavy atom. The summed E-state index contributed by atoms with van der Waals surface area (Å²) in [5, 5.41) is 0. The van der Waals surface area contributed by atoms with E-state index in [0.29, 0.717) is 5.92 Å². The first-order chi connectivity index (χ1) is 8.00. The molecule has 5 atom stereocenters. The summed E-state index contributed by atoms with van der Waals surface area (Å²) >= 11 is 7.97. The second-order valence-electron chi connectivity index (χ2n) is 5.91. The first-order valence-corrected chi connectivity index (χ1v) is 8.27. The van der Waals surface area contributed by atoms with Gasteiger partial charge in [0.25, 0.3) is 0 Å². The van der Waals surface area contributed by atoms with Crippen molar-refractivity contribution in [2.45, 2.75) is 51.5 Å². The Bertz CT molecular complexity index is 259. The lowest BCUT2D eigenvalue weighted by Crippen LogP contribution is -2.39. The summed E-state index contributed by atoms with van der Waals surface area (Å²) < 4.78 is 5.89. The lowest BCUT2D eigenvalue weighted by molar-refractivity contribution is 0.0713. The van der Waals surface area contributed by atoms with Crippen LogP contribution < -0.4 is 0 Å². The fraction of sp³-hybridized carbons (Fsp3) is 0.929. The molecule has 1 heterocycles. The van der Waals surface area contributed by atoms with E-state index in [2.05, 4.69) is 27.7 Å². The zero-order valence-electron chi connectivity index (χ0n) is 11.3. The summed E-state index contributed by atoms with van der Waals surface area (Å²) in [5.41, 5.74) is 0.164. The van der Waals surface area contributed by atoms with E-state index >= 15 is 0 Å². The zero-order valence-corrected chi connectivity index (χ0v) is 12.9. The standard InChI is InChI=1S/C14H24ClOS/c1-8(2)11-6-5-9(3)10(4)13(11)14-16-12(15)7-17-14/h8-12,14H,5-7H2,1-4H3. The minimum atomic E-state index is -0.0882. The predicted octanol–water partition coefficient (Wildman–Crippen LogP) is 4.55. The van der Waals surface area contributed by atoms with Crippen LogP contribution in [0.25, 0.3) is 0 Å². The van der Waals surface area contributed by atoms with Crippen LogP contribution in [0.15, 0.2) is 0 Å². The Labute approximate surface area is 115 Å². The van der Waals surface area contributed by atoms with E-state index in [9.17, 15) is 0 Å². The molecule has 3 heteroatoms. The monoisotopic (exact) mass is 275 g/mol. The van der Waals surface area contributed by atoms with Gasteiger partial charge in [0, 0.05) is 11.7 Å². The van der Waals surface area contributed by atoms with Gasteiger partial charge in [-0.25, -0.2) is 0 Å². The third kappa shape index (κ3) is 2.96. The number of halogens is 1. The molecule has 1 nitrogen and oxygen atoms in total. The highest BCUT2D eigenvalue weighted by molar-refractivity contribution is 8.00. The van der Waals surface area contributed by atoms with Crippen molar-refractivity contribution in [3.63, 3.8) is 0 Å². The molecule has 5 unspecified atom stereocenters. The quantitative estimate of drug-likeness (QED) is 0.684. The molecule has 1 aliphatic carbocycles. The van der Waals surface area contributed by atoms with E-state index in [-0.39, 0.29) is 11.0 Å². The van der Waals surface area contributed by atoms with Crippen molar-refractivity contribution >= 4 is 23.4 Å². The minimum absolute atomic E-state index is 0.0882. The molecule has 2 aliphatic rings. The highest BCUT2D eigenvalue weighted by Gasteiger charge is 2.44. The molecule has 99 valence electrons. The molecule has 2 rings (SSSR count). The maximum atomic E-state index is 6.08. The Balaban J connectivity index is 2.12. The third-order valence-electron chi connectivity index (χ3n) is 4.47. The van der Waals surface area contributed by atoms with Crippen molar-refractivity contribution in [3.8, 4) is 0 Å². The van der Waals surface area contributed by atoms with Gasteiger partial charge in [-0.3, -0.25) is 0 Å². The van der Waals surface area contributed by atoms with Gasteiger partial charge in [0.05, 0.1) is 0 Å². The van der Waals surface area contributed by atoms with Crippen molar-refractivity contribution < 1.29 is 4.74 Å². The van der Waals surface area contributed by atoms with Crippen molar-refractivity contribution in [2.75, 3.05) is 5.75 Å². The maximum Gasteiger partial charge on any atom is 0.141 e. The topological polar surface area (TPSA) is 9.23 Å². The normalized spacial score (nSPS) is 44.5. The number of thioether (sulfide) groups is 1. The lowest BCUT2D eigenvalue weighted by Gasteiger charge is -2.44. The second-order valence-corrected chi connectivity index (χ2v) is 7.49. The smallest absolute Gasteiger partial charge is 0.141 e. The molecule has 2 fully saturated rings. The van der Waals surface area contributed by atoms with Gasteiger partial charge in [0.15, 0.2) is 0 Å². The van der Waals surface area contributed by atoms with E-state index in [0.717, 1.165) is 23.5 Å². The van der Waals surface area contributed by atoms with E-state index < -0.39 is 0 Å². The molecule has 1 saturated heterocycles. The fourth-order valence-corrected chi connectivity index (χ4v) is 4.76. The zero-order chi connectivity index (χ0) is 12.6. The highest BCUT2D eigenvalue weighted by Crippen LogP contribution is 2.50. The van der Waals surface area contributed by atoms with Gasteiger partial charge in [0.1, 0.15) is 11.0 Å². The van der Waals surface area contributed by atoms with Crippen LogP contribution >= 0.6 is 23.4 Å². The molecule has 0 spiro atoms. The molecule has 1 radical (unpaired) electrons. The van der Waals surface area contributed by atoms with Crippen molar-refractivity contribution in [1.29, 1.82) is 0 Å². The molecule has 1 saturated carbocycles. The predicted molar refractivity (Wildman–Crippen MR) is 76.1 cm³/mol. The van der Waals surface area contributed by atoms with Gasteiger partial charge in [0.2, 0.25) is 0 Å². The summed E-state index contributed by atoms with van der Waals surface area (Å²) in [5.74, 6) is 5.47. The van der Waals surface area contributed by atoms with Gasteiger partial charge in [-0.1, -0.05) is 45.7 Å².